The highest BCUT2D eigenvalue weighted by Gasteiger charge is 2.44. The van der Waals surface area contributed by atoms with E-state index in [0.717, 1.165) is 5.56 Å². The summed E-state index contributed by atoms with van der Waals surface area (Å²) in [6, 6.07) is 5.52. The van der Waals surface area contributed by atoms with Crippen LogP contribution in [0.15, 0.2) is 30.9 Å². The standard InChI is InChI=1S/C19H23N5O6/c1-28-11-4-3-10(12(5-11)29-2)6-20-17-14-18(22-8-21-17)24(9-23-14)19-16(27)15(26)13(7-25)30-19/h3-5,8-9,13,15-16,19,25-27H,6-7H2,1-2H3,(H,20,21,22)/t13-,15-,16+,19-/m1/s1. The highest BCUT2D eigenvalue weighted by molar-refractivity contribution is 5.82. The van der Waals surface area contributed by atoms with Gasteiger partial charge in [0.1, 0.15) is 36.1 Å². The fourth-order valence-corrected chi connectivity index (χ4v) is 3.45. The van der Waals surface area contributed by atoms with Gasteiger partial charge in [0, 0.05) is 18.2 Å². The number of methoxy groups -OCH3 is 2. The molecule has 0 unspecified atom stereocenters. The van der Waals surface area contributed by atoms with Crippen molar-refractivity contribution in [2.75, 3.05) is 26.1 Å². The number of nitrogens with one attached hydrogen (secondary N) is 1. The van der Waals surface area contributed by atoms with Gasteiger partial charge in [0.15, 0.2) is 23.2 Å². The Bertz CT molecular complexity index is 1030. The molecule has 0 aliphatic carbocycles. The van der Waals surface area contributed by atoms with E-state index >= 15 is 0 Å². The topological polar surface area (TPSA) is 144 Å². The third-order valence-electron chi connectivity index (χ3n) is 5.09. The summed E-state index contributed by atoms with van der Waals surface area (Å²) in [5.74, 6) is 1.85. The van der Waals surface area contributed by atoms with E-state index in [9.17, 15) is 15.3 Å². The molecular weight excluding hydrogens is 394 g/mol. The molecule has 1 fully saturated rings. The molecule has 4 rings (SSSR count). The van der Waals surface area contributed by atoms with E-state index in [1.165, 1.54) is 17.2 Å². The number of nitrogens with zero attached hydrogens (tertiary/aromatic N) is 4. The van der Waals surface area contributed by atoms with Crippen molar-refractivity contribution >= 4 is 17.0 Å². The molecule has 0 amide bonds. The molecule has 160 valence electrons. The van der Waals surface area contributed by atoms with Crippen LogP contribution in [0.2, 0.25) is 0 Å². The average Bonchev–Trinajstić information content (AvgIpc) is 3.33. The maximum Gasteiger partial charge on any atom is 0.167 e. The number of benzene rings is 1. The zero-order chi connectivity index (χ0) is 21.3. The summed E-state index contributed by atoms with van der Waals surface area (Å²) in [6.07, 6.45) is -1.42. The Morgan fingerprint density at radius 2 is 1.97 bits per heavy atom. The van der Waals surface area contributed by atoms with Crippen LogP contribution in [0.1, 0.15) is 11.8 Å². The van der Waals surface area contributed by atoms with Gasteiger partial charge in [-0.3, -0.25) is 4.57 Å². The lowest BCUT2D eigenvalue weighted by molar-refractivity contribution is -0.0511. The predicted molar refractivity (Wildman–Crippen MR) is 105 cm³/mol. The molecule has 0 bridgehead atoms. The number of hydrogen-bond donors (Lipinski definition) is 4. The Kier molecular flexibility index (Phi) is 5.68. The summed E-state index contributed by atoms with van der Waals surface area (Å²) in [5.41, 5.74) is 1.79. The third kappa shape index (κ3) is 3.52. The number of ether oxygens (including phenoxy) is 3. The first-order chi connectivity index (χ1) is 14.6. The first-order valence-electron chi connectivity index (χ1n) is 9.32. The largest absolute Gasteiger partial charge is 0.497 e. The van der Waals surface area contributed by atoms with Gasteiger partial charge in [0.2, 0.25) is 0 Å². The molecule has 1 saturated heterocycles. The summed E-state index contributed by atoms with van der Waals surface area (Å²) in [5, 5.41) is 32.8. The van der Waals surface area contributed by atoms with E-state index < -0.39 is 31.1 Å². The number of hydrogen-bond acceptors (Lipinski definition) is 10. The molecule has 0 radical (unpaired) electrons. The summed E-state index contributed by atoms with van der Waals surface area (Å²) in [4.78, 5) is 12.8. The predicted octanol–water partition coefficient (Wildman–Crippen LogP) is 0.0671. The monoisotopic (exact) mass is 417 g/mol. The minimum atomic E-state index is -1.23. The lowest BCUT2D eigenvalue weighted by Gasteiger charge is -2.16. The molecule has 1 aliphatic heterocycles. The Morgan fingerprint density at radius 3 is 2.67 bits per heavy atom. The fourth-order valence-electron chi connectivity index (χ4n) is 3.45. The molecule has 11 heteroatoms. The van der Waals surface area contributed by atoms with Crippen LogP contribution >= 0.6 is 0 Å². The van der Waals surface area contributed by atoms with Crippen molar-refractivity contribution in [3.63, 3.8) is 0 Å². The van der Waals surface area contributed by atoms with E-state index in [0.29, 0.717) is 35.0 Å². The van der Waals surface area contributed by atoms with Crippen LogP contribution in [0, 0.1) is 0 Å². The van der Waals surface area contributed by atoms with Gasteiger partial charge in [-0.05, 0) is 12.1 Å². The van der Waals surface area contributed by atoms with Crippen LogP contribution in [-0.4, -0.2) is 74.0 Å². The maximum absolute atomic E-state index is 10.3. The van der Waals surface area contributed by atoms with Crippen LogP contribution in [0.5, 0.6) is 11.5 Å². The Morgan fingerprint density at radius 1 is 1.13 bits per heavy atom. The van der Waals surface area contributed by atoms with Crippen LogP contribution in [0.25, 0.3) is 11.2 Å². The molecule has 4 atom stereocenters. The minimum Gasteiger partial charge on any atom is -0.497 e. The van der Waals surface area contributed by atoms with Gasteiger partial charge in [-0.1, -0.05) is 0 Å². The summed E-state index contributed by atoms with van der Waals surface area (Å²) in [7, 11) is 3.18. The number of aliphatic hydroxyl groups excluding tert-OH is 3. The van der Waals surface area contributed by atoms with Gasteiger partial charge in [0.25, 0.3) is 0 Å². The number of fused-ring (bicyclic) bond motifs is 1. The smallest absolute Gasteiger partial charge is 0.167 e. The first kappa shape index (κ1) is 20.3. The van der Waals surface area contributed by atoms with Gasteiger partial charge in [-0.2, -0.15) is 0 Å². The zero-order valence-corrected chi connectivity index (χ0v) is 16.5. The van der Waals surface area contributed by atoms with Crippen LogP contribution in [0.4, 0.5) is 5.82 Å². The van der Waals surface area contributed by atoms with Crippen molar-refractivity contribution in [2.24, 2.45) is 0 Å². The molecule has 2 aromatic heterocycles. The van der Waals surface area contributed by atoms with Crippen molar-refractivity contribution in [3.8, 4) is 11.5 Å². The summed E-state index contributed by atoms with van der Waals surface area (Å²) >= 11 is 0. The van der Waals surface area contributed by atoms with Crippen LogP contribution in [0.3, 0.4) is 0 Å². The van der Waals surface area contributed by atoms with Crippen molar-refractivity contribution in [2.45, 2.75) is 31.1 Å². The lowest BCUT2D eigenvalue weighted by atomic mass is 10.1. The molecule has 30 heavy (non-hydrogen) atoms. The quantitative estimate of drug-likeness (QED) is 0.417. The molecule has 0 saturated carbocycles. The SMILES string of the molecule is COc1ccc(CNc2ncnc3c2ncn3[C@@H]2O[C@H](CO)[C@@H](O)[C@@H]2O)c(OC)c1. The molecule has 11 nitrogen and oxygen atoms in total. The second-order valence-corrected chi connectivity index (χ2v) is 6.81. The number of rotatable bonds is 7. The molecule has 3 aromatic rings. The Labute approximate surface area is 171 Å². The van der Waals surface area contributed by atoms with Gasteiger partial charge in [0.05, 0.1) is 27.2 Å². The van der Waals surface area contributed by atoms with Crippen molar-refractivity contribution in [1.82, 2.24) is 19.5 Å². The Balaban J connectivity index is 1.59. The number of aromatic nitrogens is 4. The first-order valence-corrected chi connectivity index (χ1v) is 9.32. The maximum atomic E-state index is 10.3. The Hall–Kier alpha value is -2.99. The second kappa shape index (κ2) is 8.40. The molecule has 3 heterocycles. The van der Waals surface area contributed by atoms with Crippen LogP contribution in [-0.2, 0) is 11.3 Å². The van der Waals surface area contributed by atoms with Gasteiger partial charge in [-0.25, -0.2) is 15.0 Å². The molecule has 1 aromatic carbocycles. The molecule has 1 aliphatic rings. The van der Waals surface area contributed by atoms with E-state index in [1.54, 1.807) is 20.3 Å². The highest BCUT2D eigenvalue weighted by atomic mass is 16.6. The van der Waals surface area contributed by atoms with Gasteiger partial charge in [-0.15, -0.1) is 0 Å². The lowest BCUT2D eigenvalue weighted by Crippen LogP contribution is -2.33. The highest BCUT2D eigenvalue weighted by Crippen LogP contribution is 2.32. The number of imidazole rings is 1. The minimum absolute atomic E-state index is 0.410. The zero-order valence-electron chi connectivity index (χ0n) is 16.5. The average molecular weight is 417 g/mol. The van der Waals surface area contributed by atoms with E-state index in [-0.39, 0.29) is 0 Å². The number of anilines is 1. The fraction of sp³-hybridized carbons (Fsp3) is 0.421. The van der Waals surface area contributed by atoms with E-state index in [2.05, 4.69) is 20.3 Å². The third-order valence-corrected chi connectivity index (χ3v) is 5.09. The van der Waals surface area contributed by atoms with Crippen molar-refractivity contribution in [3.05, 3.63) is 36.4 Å². The van der Waals surface area contributed by atoms with Gasteiger partial charge >= 0.3 is 0 Å². The van der Waals surface area contributed by atoms with Gasteiger partial charge < -0.3 is 34.8 Å². The second-order valence-electron chi connectivity index (χ2n) is 6.81. The summed E-state index contributed by atoms with van der Waals surface area (Å²) in [6.45, 7) is 0.00678. The molecule has 0 spiro atoms. The van der Waals surface area contributed by atoms with Crippen molar-refractivity contribution < 1.29 is 29.5 Å². The number of aliphatic hydroxyl groups is 3. The summed E-state index contributed by atoms with van der Waals surface area (Å²) < 4.78 is 17.7. The molecular formula is C19H23N5O6. The van der Waals surface area contributed by atoms with E-state index in [4.69, 9.17) is 14.2 Å². The van der Waals surface area contributed by atoms with Crippen molar-refractivity contribution in [1.29, 1.82) is 0 Å². The van der Waals surface area contributed by atoms with Crippen LogP contribution < -0.4 is 14.8 Å². The normalized spacial score (nSPS) is 23.6. The van der Waals surface area contributed by atoms with E-state index in [1.807, 2.05) is 12.1 Å². The molecule has 4 N–H and O–H groups in total.